The first-order valence-electron chi connectivity index (χ1n) is 11.3. The molecule has 0 saturated heterocycles. The molecule has 2 amide bonds. The second kappa shape index (κ2) is 11.8. The SMILES string of the molecule is COCC(=O)N(C)C[C@H]1Oc2ncc(C#Cc3ccc(F)cc3)cc2C(=O)N([C@H](C)CO)C[C@H]1C. The van der Waals surface area contributed by atoms with Crippen molar-refractivity contribution in [2.24, 2.45) is 5.92 Å². The zero-order valence-corrected chi connectivity index (χ0v) is 20.3. The second-order valence-electron chi connectivity index (χ2n) is 8.66. The van der Waals surface area contributed by atoms with E-state index in [0.29, 0.717) is 17.7 Å². The Kier molecular flexibility index (Phi) is 8.79. The highest BCUT2D eigenvalue weighted by Gasteiger charge is 2.34. The lowest BCUT2D eigenvalue weighted by atomic mass is 10.00. The molecule has 0 fully saturated rings. The fourth-order valence-electron chi connectivity index (χ4n) is 3.67. The van der Waals surface area contributed by atoms with Gasteiger partial charge in [-0.05, 0) is 37.3 Å². The Bertz CT molecular complexity index is 1110. The molecule has 9 heteroatoms. The average Bonchev–Trinajstić information content (AvgIpc) is 2.85. The predicted molar refractivity (Wildman–Crippen MR) is 127 cm³/mol. The zero-order valence-electron chi connectivity index (χ0n) is 20.3. The Morgan fingerprint density at radius 2 is 2.03 bits per heavy atom. The molecule has 0 spiro atoms. The van der Waals surface area contributed by atoms with E-state index in [1.807, 2.05) is 6.92 Å². The molecular weight excluding hydrogens is 453 g/mol. The van der Waals surface area contributed by atoms with E-state index in [1.54, 1.807) is 37.1 Å². The summed E-state index contributed by atoms with van der Waals surface area (Å²) in [7, 11) is 3.12. The highest BCUT2D eigenvalue weighted by Crippen LogP contribution is 2.27. The molecule has 0 aliphatic carbocycles. The van der Waals surface area contributed by atoms with Gasteiger partial charge in [-0.2, -0.15) is 0 Å². The largest absolute Gasteiger partial charge is 0.472 e. The number of fused-ring (bicyclic) bond motifs is 1. The normalized spacial score (nSPS) is 18.3. The van der Waals surface area contributed by atoms with Crippen LogP contribution in [0.25, 0.3) is 0 Å². The monoisotopic (exact) mass is 483 g/mol. The second-order valence-corrected chi connectivity index (χ2v) is 8.66. The lowest BCUT2D eigenvalue weighted by Gasteiger charge is -2.37. The van der Waals surface area contributed by atoms with E-state index < -0.39 is 12.1 Å². The van der Waals surface area contributed by atoms with E-state index in [4.69, 9.17) is 9.47 Å². The third-order valence-electron chi connectivity index (χ3n) is 5.86. The molecule has 3 atom stereocenters. The lowest BCUT2D eigenvalue weighted by Crippen LogP contribution is -2.50. The van der Waals surface area contributed by atoms with Crippen LogP contribution in [0.15, 0.2) is 36.5 Å². The van der Waals surface area contributed by atoms with Crippen molar-refractivity contribution in [2.45, 2.75) is 26.0 Å². The minimum absolute atomic E-state index is 0.0469. The Labute approximate surface area is 204 Å². The van der Waals surface area contributed by atoms with E-state index >= 15 is 0 Å². The van der Waals surface area contributed by atoms with Crippen LogP contribution in [-0.4, -0.2) is 84.3 Å². The maximum Gasteiger partial charge on any atom is 0.259 e. The molecule has 186 valence electrons. The van der Waals surface area contributed by atoms with Gasteiger partial charge in [0.05, 0.1) is 19.2 Å². The number of carbonyl (C=O) groups is 2. The van der Waals surface area contributed by atoms with E-state index in [0.717, 1.165) is 0 Å². The van der Waals surface area contributed by atoms with Crippen molar-refractivity contribution >= 4 is 11.8 Å². The smallest absolute Gasteiger partial charge is 0.259 e. The van der Waals surface area contributed by atoms with Crippen molar-refractivity contribution in [1.29, 1.82) is 0 Å². The third kappa shape index (κ3) is 6.56. The number of aliphatic hydroxyl groups excluding tert-OH is 1. The van der Waals surface area contributed by atoms with Crippen LogP contribution >= 0.6 is 0 Å². The Balaban J connectivity index is 1.96. The summed E-state index contributed by atoms with van der Waals surface area (Å²) >= 11 is 0. The number of likely N-dealkylation sites (N-methyl/N-ethyl adjacent to an activating group) is 1. The maximum atomic E-state index is 13.4. The number of ether oxygens (including phenoxy) is 2. The van der Waals surface area contributed by atoms with Gasteiger partial charge in [0.1, 0.15) is 24.1 Å². The summed E-state index contributed by atoms with van der Waals surface area (Å²) in [5.74, 6) is 5.00. The van der Waals surface area contributed by atoms with Gasteiger partial charge in [-0.1, -0.05) is 18.8 Å². The number of nitrogens with zero attached hydrogens (tertiary/aromatic N) is 3. The number of hydrogen-bond donors (Lipinski definition) is 1. The van der Waals surface area contributed by atoms with Crippen molar-refractivity contribution in [3.63, 3.8) is 0 Å². The van der Waals surface area contributed by atoms with Gasteiger partial charge in [0.15, 0.2) is 0 Å². The zero-order chi connectivity index (χ0) is 25.5. The summed E-state index contributed by atoms with van der Waals surface area (Å²) in [6.07, 6.45) is 1.05. The number of aliphatic hydroxyl groups is 1. The Morgan fingerprint density at radius 3 is 2.69 bits per heavy atom. The predicted octanol–water partition coefficient (Wildman–Crippen LogP) is 1.95. The van der Waals surface area contributed by atoms with Crippen molar-refractivity contribution in [3.05, 3.63) is 59.0 Å². The van der Waals surface area contributed by atoms with Gasteiger partial charge in [0.2, 0.25) is 11.8 Å². The van der Waals surface area contributed by atoms with Crippen LogP contribution in [0.3, 0.4) is 0 Å². The molecule has 1 N–H and O–H groups in total. The van der Waals surface area contributed by atoms with Gasteiger partial charge >= 0.3 is 0 Å². The summed E-state index contributed by atoms with van der Waals surface area (Å²) in [4.78, 5) is 33.2. The first kappa shape index (κ1) is 26.1. The lowest BCUT2D eigenvalue weighted by molar-refractivity contribution is -0.135. The van der Waals surface area contributed by atoms with Crippen LogP contribution in [0.4, 0.5) is 4.39 Å². The minimum Gasteiger partial charge on any atom is -0.472 e. The summed E-state index contributed by atoms with van der Waals surface area (Å²) in [5.41, 5.74) is 1.33. The number of rotatable bonds is 6. The quantitative estimate of drug-likeness (QED) is 0.632. The number of amides is 2. The maximum absolute atomic E-state index is 13.4. The van der Waals surface area contributed by atoms with E-state index in [2.05, 4.69) is 16.8 Å². The van der Waals surface area contributed by atoms with Gasteiger partial charge in [-0.15, -0.1) is 0 Å². The highest BCUT2D eigenvalue weighted by molar-refractivity contribution is 5.97. The van der Waals surface area contributed by atoms with E-state index in [1.165, 1.54) is 30.3 Å². The molecule has 1 aromatic carbocycles. The van der Waals surface area contributed by atoms with Crippen molar-refractivity contribution < 1.29 is 28.6 Å². The number of carbonyl (C=O) groups excluding carboxylic acids is 2. The fraction of sp³-hybridized carbons (Fsp3) is 0.423. The standard InChI is InChI=1S/C26H30FN3O5/c1-17-13-30(18(2)15-31)26(33)22-11-20(6-5-19-7-9-21(27)10-8-19)12-28-25(22)35-23(17)14-29(3)24(32)16-34-4/h7-12,17-18,23,31H,13-16H2,1-4H3/t17-,18-,23-/m1/s1. The molecule has 1 aromatic heterocycles. The molecule has 2 aromatic rings. The number of methoxy groups -OCH3 is 1. The molecule has 0 radical (unpaired) electrons. The fourth-order valence-corrected chi connectivity index (χ4v) is 3.67. The molecular formula is C26H30FN3O5. The molecule has 0 unspecified atom stereocenters. The van der Waals surface area contributed by atoms with Gasteiger partial charge < -0.3 is 24.4 Å². The number of benzene rings is 1. The van der Waals surface area contributed by atoms with Crippen LogP contribution in [0.5, 0.6) is 5.88 Å². The van der Waals surface area contributed by atoms with Gasteiger partial charge in [-0.3, -0.25) is 9.59 Å². The molecule has 0 saturated carbocycles. The number of hydrogen-bond acceptors (Lipinski definition) is 6. The van der Waals surface area contributed by atoms with Crippen LogP contribution in [0, 0.1) is 23.6 Å². The van der Waals surface area contributed by atoms with Crippen LogP contribution in [-0.2, 0) is 9.53 Å². The van der Waals surface area contributed by atoms with Gasteiger partial charge in [0.25, 0.3) is 5.91 Å². The number of aromatic nitrogens is 1. The van der Waals surface area contributed by atoms with Crippen molar-refractivity contribution in [1.82, 2.24) is 14.8 Å². The first-order valence-corrected chi connectivity index (χ1v) is 11.3. The third-order valence-corrected chi connectivity index (χ3v) is 5.86. The molecule has 3 rings (SSSR count). The molecule has 1 aliphatic heterocycles. The molecule has 35 heavy (non-hydrogen) atoms. The molecule has 8 nitrogen and oxygen atoms in total. The first-order chi connectivity index (χ1) is 16.7. The Morgan fingerprint density at radius 1 is 1.34 bits per heavy atom. The topological polar surface area (TPSA) is 92.2 Å². The van der Waals surface area contributed by atoms with Crippen molar-refractivity contribution in [3.8, 4) is 17.7 Å². The number of halogens is 1. The van der Waals surface area contributed by atoms with Gasteiger partial charge in [-0.25, -0.2) is 9.37 Å². The summed E-state index contributed by atoms with van der Waals surface area (Å²) in [5, 5.41) is 9.77. The summed E-state index contributed by atoms with van der Waals surface area (Å²) in [6, 6.07) is 6.95. The summed E-state index contributed by atoms with van der Waals surface area (Å²) in [6.45, 7) is 4.03. The molecule has 1 aliphatic rings. The van der Waals surface area contributed by atoms with E-state index in [-0.39, 0.29) is 54.8 Å². The average molecular weight is 484 g/mol. The minimum atomic E-state index is -0.454. The molecule has 0 bridgehead atoms. The van der Waals surface area contributed by atoms with Gasteiger partial charge in [0, 0.05) is 43.9 Å². The van der Waals surface area contributed by atoms with Crippen LogP contribution in [0.1, 0.15) is 35.3 Å². The van der Waals surface area contributed by atoms with Crippen LogP contribution in [0.2, 0.25) is 0 Å². The highest BCUT2D eigenvalue weighted by atomic mass is 19.1. The molecule has 2 heterocycles. The number of pyridine rings is 1. The van der Waals surface area contributed by atoms with E-state index in [9.17, 15) is 19.1 Å². The van der Waals surface area contributed by atoms with Crippen molar-refractivity contribution in [2.75, 3.05) is 40.5 Å². The summed E-state index contributed by atoms with van der Waals surface area (Å²) < 4.78 is 24.2. The Hall–Kier alpha value is -3.48. The van der Waals surface area contributed by atoms with Crippen LogP contribution < -0.4 is 4.74 Å².